The van der Waals surface area contributed by atoms with Crippen LogP contribution in [0.5, 0.6) is 0 Å². The third kappa shape index (κ3) is 1.78. The van der Waals surface area contributed by atoms with Gasteiger partial charge in [-0.2, -0.15) is 0 Å². The van der Waals surface area contributed by atoms with Crippen LogP contribution >= 0.6 is 0 Å². The molecule has 1 aliphatic rings. The molecule has 0 aromatic heterocycles. The predicted octanol–water partition coefficient (Wildman–Crippen LogP) is 3.70. The molecule has 0 spiro atoms. The normalized spacial score (nSPS) is 29.6. The smallest absolute Gasteiger partial charge is 0.0924 e. The summed E-state index contributed by atoms with van der Waals surface area (Å²) in [5, 5.41) is 10.8. The lowest BCUT2D eigenvalue weighted by molar-refractivity contribution is -0.00392. The number of benzene rings is 1. The molecule has 0 bridgehead atoms. The van der Waals surface area contributed by atoms with Crippen molar-refractivity contribution in [3.63, 3.8) is 0 Å². The Morgan fingerprint density at radius 2 is 2.06 bits per heavy atom. The summed E-state index contributed by atoms with van der Waals surface area (Å²) in [5.41, 5.74) is 3.15. The van der Waals surface area contributed by atoms with Gasteiger partial charge >= 0.3 is 0 Å². The molecular weight excluding hydrogens is 196 g/mol. The number of rotatable bonds is 2. The van der Waals surface area contributed by atoms with E-state index in [0.29, 0.717) is 5.92 Å². The van der Waals surface area contributed by atoms with E-state index < -0.39 is 5.60 Å². The third-order valence-electron chi connectivity index (χ3n) is 4.29. The van der Waals surface area contributed by atoms with Crippen LogP contribution in [-0.2, 0) is 5.60 Å². The maximum Gasteiger partial charge on any atom is 0.0924 e. The highest BCUT2D eigenvalue weighted by molar-refractivity contribution is 5.34. The zero-order chi connectivity index (χ0) is 11.8. The van der Waals surface area contributed by atoms with Gasteiger partial charge in [0, 0.05) is 0 Å². The summed E-state index contributed by atoms with van der Waals surface area (Å²) in [4.78, 5) is 0. The largest absolute Gasteiger partial charge is 0.385 e. The van der Waals surface area contributed by atoms with Crippen molar-refractivity contribution in [3.8, 4) is 0 Å². The molecular formula is C15H22O. The van der Waals surface area contributed by atoms with Gasteiger partial charge in [0.2, 0.25) is 0 Å². The molecule has 16 heavy (non-hydrogen) atoms. The SMILES string of the molecule is CCC1CCCC1(O)c1ccc(C)c(C)c1. The van der Waals surface area contributed by atoms with Crippen LogP contribution in [0.25, 0.3) is 0 Å². The van der Waals surface area contributed by atoms with Gasteiger partial charge in [-0.1, -0.05) is 31.5 Å². The third-order valence-corrected chi connectivity index (χ3v) is 4.29. The maximum absolute atomic E-state index is 10.8. The van der Waals surface area contributed by atoms with E-state index in [1.165, 1.54) is 17.5 Å². The maximum atomic E-state index is 10.8. The molecule has 1 saturated carbocycles. The second kappa shape index (κ2) is 4.21. The predicted molar refractivity (Wildman–Crippen MR) is 67.4 cm³/mol. The van der Waals surface area contributed by atoms with E-state index in [2.05, 4.69) is 39.0 Å². The zero-order valence-corrected chi connectivity index (χ0v) is 10.6. The zero-order valence-electron chi connectivity index (χ0n) is 10.6. The van der Waals surface area contributed by atoms with Crippen LogP contribution in [0.3, 0.4) is 0 Å². The lowest BCUT2D eigenvalue weighted by Crippen LogP contribution is -2.29. The highest BCUT2D eigenvalue weighted by atomic mass is 16.3. The minimum Gasteiger partial charge on any atom is -0.385 e. The first kappa shape index (κ1) is 11.7. The Balaban J connectivity index is 2.38. The summed E-state index contributed by atoms with van der Waals surface area (Å²) < 4.78 is 0. The number of hydrogen-bond acceptors (Lipinski definition) is 1. The van der Waals surface area contributed by atoms with Gasteiger partial charge in [0.1, 0.15) is 0 Å². The summed E-state index contributed by atoms with van der Waals surface area (Å²) in [6.07, 6.45) is 4.32. The van der Waals surface area contributed by atoms with E-state index in [9.17, 15) is 5.11 Å². The molecule has 2 atom stereocenters. The lowest BCUT2D eigenvalue weighted by atomic mass is 9.81. The number of hydrogen-bond donors (Lipinski definition) is 1. The van der Waals surface area contributed by atoms with Crippen molar-refractivity contribution >= 4 is 0 Å². The Labute approximate surface area is 98.5 Å². The van der Waals surface area contributed by atoms with E-state index in [1.54, 1.807) is 0 Å². The molecule has 1 aromatic rings. The molecule has 0 amide bonds. The van der Waals surface area contributed by atoms with Crippen molar-refractivity contribution in [2.75, 3.05) is 0 Å². The van der Waals surface area contributed by atoms with E-state index in [1.807, 2.05) is 0 Å². The van der Waals surface area contributed by atoms with E-state index in [0.717, 1.165) is 24.8 Å². The standard InChI is InChI=1S/C15H22O/c1-4-13-6-5-9-15(13,16)14-8-7-11(2)12(3)10-14/h7-8,10,13,16H,4-6,9H2,1-3H3. The van der Waals surface area contributed by atoms with Crippen LogP contribution in [0.2, 0.25) is 0 Å². The summed E-state index contributed by atoms with van der Waals surface area (Å²) in [5.74, 6) is 0.439. The number of aliphatic hydroxyl groups is 1. The summed E-state index contributed by atoms with van der Waals surface area (Å²) in [7, 11) is 0. The van der Waals surface area contributed by atoms with Crippen molar-refractivity contribution in [2.45, 2.75) is 52.1 Å². The summed E-state index contributed by atoms with van der Waals surface area (Å²) >= 11 is 0. The Kier molecular flexibility index (Phi) is 3.07. The average Bonchev–Trinajstić information content (AvgIpc) is 2.65. The molecule has 1 nitrogen and oxygen atoms in total. The fourth-order valence-electron chi connectivity index (χ4n) is 2.99. The average molecular weight is 218 g/mol. The fraction of sp³-hybridized carbons (Fsp3) is 0.600. The quantitative estimate of drug-likeness (QED) is 0.802. The van der Waals surface area contributed by atoms with Gasteiger partial charge in [0.05, 0.1) is 5.60 Å². The van der Waals surface area contributed by atoms with Gasteiger partial charge < -0.3 is 5.11 Å². The molecule has 1 aliphatic carbocycles. The fourth-order valence-corrected chi connectivity index (χ4v) is 2.99. The second-order valence-corrected chi connectivity index (χ2v) is 5.22. The van der Waals surface area contributed by atoms with E-state index >= 15 is 0 Å². The van der Waals surface area contributed by atoms with Gasteiger partial charge in [0.15, 0.2) is 0 Å². The molecule has 1 fully saturated rings. The van der Waals surface area contributed by atoms with Crippen LogP contribution in [0, 0.1) is 19.8 Å². The van der Waals surface area contributed by atoms with Crippen LogP contribution in [0.15, 0.2) is 18.2 Å². The first-order valence-electron chi connectivity index (χ1n) is 6.38. The molecule has 1 N–H and O–H groups in total. The van der Waals surface area contributed by atoms with Crippen molar-refractivity contribution < 1.29 is 5.11 Å². The van der Waals surface area contributed by atoms with Crippen LogP contribution < -0.4 is 0 Å². The highest BCUT2D eigenvalue weighted by Gasteiger charge is 2.41. The molecule has 0 aliphatic heterocycles. The second-order valence-electron chi connectivity index (χ2n) is 5.22. The van der Waals surface area contributed by atoms with Crippen molar-refractivity contribution in [3.05, 3.63) is 34.9 Å². The minimum absolute atomic E-state index is 0.439. The monoisotopic (exact) mass is 218 g/mol. The molecule has 0 heterocycles. The van der Waals surface area contributed by atoms with Crippen molar-refractivity contribution in [2.24, 2.45) is 5.92 Å². The highest BCUT2D eigenvalue weighted by Crippen LogP contribution is 2.45. The Bertz CT molecular complexity index is 383. The Morgan fingerprint density at radius 1 is 1.31 bits per heavy atom. The topological polar surface area (TPSA) is 20.2 Å². The van der Waals surface area contributed by atoms with Gasteiger partial charge in [-0.25, -0.2) is 0 Å². The first-order valence-corrected chi connectivity index (χ1v) is 6.38. The molecule has 0 saturated heterocycles. The Hall–Kier alpha value is -0.820. The van der Waals surface area contributed by atoms with Crippen LogP contribution in [-0.4, -0.2) is 5.11 Å². The number of aryl methyl sites for hydroxylation is 2. The van der Waals surface area contributed by atoms with E-state index in [-0.39, 0.29) is 0 Å². The van der Waals surface area contributed by atoms with Gasteiger partial charge in [-0.05, 0) is 55.7 Å². The molecule has 2 rings (SSSR count). The van der Waals surface area contributed by atoms with Crippen molar-refractivity contribution in [1.29, 1.82) is 0 Å². The Morgan fingerprint density at radius 3 is 2.69 bits per heavy atom. The van der Waals surface area contributed by atoms with Crippen molar-refractivity contribution in [1.82, 2.24) is 0 Å². The van der Waals surface area contributed by atoms with E-state index in [4.69, 9.17) is 0 Å². The molecule has 1 heteroatoms. The molecule has 88 valence electrons. The first-order chi connectivity index (χ1) is 7.58. The van der Waals surface area contributed by atoms with Gasteiger partial charge in [-0.15, -0.1) is 0 Å². The minimum atomic E-state index is -0.562. The molecule has 0 radical (unpaired) electrons. The van der Waals surface area contributed by atoms with Gasteiger partial charge in [-0.3, -0.25) is 0 Å². The summed E-state index contributed by atoms with van der Waals surface area (Å²) in [6.45, 7) is 6.43. The van der Waals surface area contributed by atoms with Crippen LogP contribution in [0.4, 0.5) is 0 Å². The lowest BCUT2D eigenvalue weighted by Gasteiger charge is -2.30. The van der Waals surface area contributed by atoms with Crippen LogP contribution in [0.1, 0.15) is 49.3 Å². The molecule has 1 aromatic carbocycles. The van der Waals surface area contributed by atoms with Gasteiger partial charge in [0.25, 0.3) is 0 Å². The molecule has 2 unspecified atom stereocenters. The summed E-state index contributed by atoms with van der Waals surface area (Å²) in [6, 6.07) is 6.41.